The van der Waals surface area contributed by atoms with Crippen LogP contribution in [-0.4, -0.2) is 21.2 Å². The number of rotatable bonds is 6. The highest BCUT2D eigenvalue weighted by molar-refractivity contribution is 7.99. The monoisotopic (exact) mass is 471 g/mol. The Morgan fingerprint density at radius 1 is 1.03 bits per heavy atom. The molecule has 4 aromatic rings. The van der Waals surface area contributed by atoms with Gasteiger partial charge >= 0.3 is 0 Å². The van der Waals surface area contributed by atoms with Crippen LogP contribution in [0, 0.1) is 11.6 Å². The van der Waals surface area contributed by atoms with Crippen LogP contribution < -0.4 is 10.9 Å². The van der Waals surface area contributed by atoms with Gasteiger partial charge in [-0.15, -0.1) is 0 Å². The number of benzene rings is 3. The molecule has 1 amide bonds. The minimum absolute atomic E-state index is 0.0840. The lowest BCUT2D eigenvalue weighted by molar-refractivity contribution is -0.113. The van der Waals surface area contributed by atoms with E-state index in [0.717, 1.165) is 29.5 Å². The van der Waals surface area contributed by atoms with E-state index in [1.54, 1.807) is 42.5 Å². The van der Waals surface area contributed by atoms with Gasteiger partial charge in [-0.1, -0.05) is 47.6 Å². The molecule has 0 spiro atoms. The lowest BCUT2D eigenvalue weighted by atomic mass is 10.2. The predicted octanol–water partition coefficient (Wildman–Crippen LogP) is 5.11. The summed E-state index contributed by atoms with van der Waals surface area (Å²) in [6.07, 6.45) is 0. The van der Waals surface area contributed by atoms with E-state index in [-0.39, 0.29) is 23.5 Å². The van der Waals surface area contributed by atoms with E-state index in [9.17, 15) is 18.4 Å². The Balaban J connectivity index is 1.61. The first-order valence-electron chi connectivity index (χ1n) is 9.52. The second kappa shape index (κ2) is 9.50. The molecule has 0 bridgehead atoms. The van der Waals surface area contributed by atoms with Crippen molar-refractivity contribution >= 4 is 45.9 Å². The molecule has 0 saturated carbocycles. The van der Waals surface area contributed by atoms with Crippen LogP contribution in [0.2, 0.25) is 5.02 Å². The van der Waals surface area contributed by atoms with Gasteiger partial charge in [0.2, 0.25) is 5.91 Å². The molecular weight excluding hydrogens is 456 g/mol. The number of amides is 1. The summed E-state index contributed by atoms with van der Waals surface area (Å²) in [5.74, 6) is -2.58. The summed E-state index contributed by atoms with van der Waals surface area (Å²) in [6.45, 7) is 0.227. The highest BCUT2D eigenvalue weighted by atomic mass is 35.5. The SMILES string of the molecule is O=C(CSc1nc2ccccc2c(=O)n1Cc1cccc(Cl)c1)Nc1ccc(F)c(F)c1. The van der Waals surface area contributed by atoms with Crippen molar-refractivity contribution in [2.75, 3.05) is 11.1 Å². The van der Waals surface area contributed by atoms with Crippen LogP contribution in [0.15, 0.2) is 76.7 Å². The van der Waals surface area contributed by atoms with E-state index < -0.39 is 17.5 Å². The lowest BCUT2D eigenvalue weighted by Gasteiger charge is -2.13. The van der Waals surface area contributed by atoms with Crippen LogP contribution in [-0.2, 0) is 11.3 Å². The highest BCUT2D eigenvalue weighted by Gasteiger charge is 2.14. The first-order chi connectivity index (χ1) is 15.4. The van der Waals surface area contributed by atoms with Crippen molar-refractivity contribution in [3.8, 4) is 0 Å². The molecule has 1 N–H and O–H groups in total. The van der Waals surface area contributed by atoms with Crippen molar-refractivity contribution in [2.45, 2.75) is 11.7 Å². The Morgan fingerprint density at radius 2 is 1.84 bits per heavy atom. The molecule has 1 aromatic heterocycles. The summed E-state index contributed by atoms with van der Waals surface area (Å²) in [6, 6.07) is 17.2. The van der Waals surface area contributed by atoms with Crippen LogP contribution in [0.25, 0.3) is 10.9 Å². The van der Waals surface area contributed by atoms with Crippen LogP contribution in [0.3, 0.4) is 0 Å². The molecule has 9 heteroatoms. The van der Waals surface area contributed by atoms with Crippen LogP contribution in [0.1, 0.15) is 5.56 Å². The molecule has 4 rings (SSSR count). The quantitative estimate of drug-likeness (QED) is 0.313. The molecule has 0 aliphatic rings. The third-order valence-electron chi connectivity index (χ3n) is 4.59. The zero-order valence-corrected chi connectivity index (χ0v) is 18.1. The van der Waals surface area contributed by atoms with Crippen molar-refractivity contribution in [2.24, 2.45) is 0 Å². The normalized spacial score (nSPS) is 11.0. The fraction of sp³-hybridized carbons (Fsp3) is 0.0870. The Morgan fingerprint density at radius 3 is 2.62 bits per heavy atom. The third-order valence-corrected chi connectivity index (χ3v) is 5.80. The second-order valence-corrected chi connectivity index (χ2v) is 8.28. The average molecular weight is 472 g/mol. The molecule has 0 saturated heterocycles. The molecule has 162 valence electrons. The van der Waals surface area contributed by atoms with Crippen molar-refractivity contribution in [1.29, 1.82) is 0 Å². The number of aromatic nitrogens is 2. The Labute approximate surface area is 191 Å². The van der Waals surface area contributed by atoms with Crippen molar-refractivity contribution in [3.63, 3.8) is 0 Å². The maximum Gasteiger partial charge on any atom is 0.262 e. The van der Waals surface area contributed by atoms with E-state index in [0.29, 0.717) is 21.1 Å². The van der Waals surface area contributed by atoms with E-state index in [4.69, 9.17) is 11.6 Å². The van der Waals surface area contributed by atoms with Gasteiger partial charge in [-0.3, -0.25) is 14.2 Å². The van der Waals surface area contributed by atoms with Crippen molar-refractivity contribution < 1.29 is 13.6 Å². The molecule has 32 heavy (non-hydrogen) atoms. The van der Waals surface area contributed by atoms with Gasteiger partial charge in [0.25, 0.3) is 5.56 Å². The largest absolute Gasteiger partial charge is 0.325 e. The van der Waals surface area contributed by atoms with Gasteiger partial charge < -0.3 is 5.32 Å². The molecule has 0 aliphatic heterocycles. The summed E-state index contributed by atoms with van der Waals surface area (Å²) in [7, 11) is 0. The Bertz CT molecular complexity index is 1380. The number of carbonyl (C=O) groups is 1. The topological polar surface area (TPSA) is 64.0 Å². The molecule has 0 fully saturated rings. The second-order valence-electron chi connectivity index (χ2n) is 6.90. The predicted molar refractivity (Wildman–Crippen MR) is 122 cm³/mol. The molecule has 0 unspecified atom stereocenters. The summed E-state index contributed by atoms with van der Waals surface area (Å²) in [4.78, 5) is 30.1. The number of fused-ring (bicyclic) bond motifs is 1. The number of carbonyl (C=O) groups excluding carboxylic acids is 1. The van der Waals surface area contributed by atoms with E-state index in [1.807, 2.05) is 6.07 Å². The van der Waals surface area contributed by atoms with Crippen molar-refractivity contribution in [3.05, 3.63) is 99.3 Å². The molecule has 0 radical (unpaired) electrons. The molecule has 1 heterocycles. The molecule has 3 aromatic carbocycles. The van der Waals surface area contributed by atoms with Gasteiger partial charge in [0.1, 0.15) is 0 Å². The zero-order valence-electron chi connectivity index (χ0n) is 16.5. The van der Waals surface area contributed by atoms with Gasteiger partial charge in [0.05, 0.1) is 23.2 Å². The molecule has 5 nitrogen and oxygen atoms in total. The average Bonchev–Trinajstić information content (AvgIpc) is 2.77. The number of anilines is 1. The van der Waals surface area contributed by atoms with Gasteiger partial charge in [0, 0.05) is 16.8 Å². The smallest absolute Gasteiger partial charge is 0.262 e. The molecule has 0 aliphatic carbocycles. The van der Waals surface area contributed by atoms with Gasteiger partial charge in [-0.25, -0.2) is 13.8 Å². The number of halogens is 3. The van der Waals surface area contributed by atoms with Gasteiger partial charge in [0.15, 0.2) is 16.8 Å². The Kier molecular flexibility index (Phi) is 6.53. The minimum Gasteiger partial charge on any atom is -0.325 e. The zero-order chi connectivity index (χ0) is 22.7. The maximum absolute atomic E-state index is 13.4. The van der Waals surface area contributed by atoms with E-state index in [2.05, 4.69) is 10.3 Å². The summed E-state index contributed by atoms with van der Waals surface area (Å²) in [5, 5.41) is 3.87. The maximum atomic E-state index is 13.4. The fourth-order valence-electron chi connectivity index (χ4n) is 3.12. The van der Waals surface area contributed by atoms with E-state index >= 15 is 0 Å². The lowest BCUT2D eigenvalue weighted by Crippen LogP contribution is -2.25. The number of thioether (sulfide) groups is 1. The molecule has 0 atom stereocenters. The third kappa shape index (κ3) is 4.98. The summed E-state index contributed by atoms with van der Waals surface area (Å²) in [5.41, 5.74) is 1.23. The van der Waals surface area contributed by atoms with Gasteiger partial charge in [-0.05, 0) is 42.0 Å². The first kappa shape index (κ1) is 22.0. The summed E-state index contributed by atoms with van der Waals surface area (Å²) >= 11 is 7.15. The minimum atomic E-state index is -1.05. The Hall–Kier alpha value is -3.23. The first-order valence-corrected chi connectivity index (χ1v) is 10.9. The van der Waals surface area contributed by atoms with Crippen LogP contribution in [0.4, 0.5) is 14.5 Å². The molecular formula is C23H16ClF2N3O2S. The van der Waals surface area contributed by atoms with Crippen LogP contribution >= 0.6 is 23.4 Å². The number of hydrogen-bond donors (Lipinski definition) is 1. The summed E-state index contributed by atoms with van der Waals surface area (Å²) < 4.78 is 27.9. The van der Waals surface area contributed by atoms with Crippen molar-refractivity contribution in [1.82, 2.24) is 9.55 Å². The number of nitrogens with zero attached hydrogens (tertiary/aromatic N) is 2. The number of hydrogen-bond acceptors (Lipinski definition) is 4. The standard InChI is InChI=1S/C23H16ClF2N3O2S/c24-15-5-3-4-14(10-15)12-29-22(31)17-6-1-2-7-20(17)28-23(29)32-13-21(30)27-16-8-9-18(25)19(26)11-16/h1-11H,12-13H2,(H,27,30). The van der Waals surface area contributed by atoms with E-state index in [1.165, 1.54) is 10.6 Å². The highest BCUT2D eigenvalue weighted by Crippen LogP contribution is 2.21. The van der Waals surface area contributed by atoms with Crippen LogP contribution in [0.5, 0.6) is 0 Å². The number of nitrogens with one attached hydrogen (secondary N) is 1. The number of para-hydroxylation sites is 1. The van der Waals surface area contributed by atoms with Gasteiger partial charge in [-0.2, -0.15) is 0 Å². The fourth-order valence-corrected chi connectivity index (χ4v) is 4.13.